The highest BCUT2D eigenvalue weighted by atomic mass is 17.5. The van der Waals surface area contributed by atoms with Crippen molar-refractivity contribution in [3.8, 4) is 22.6 Å². The maximum absolute atomic E-state index is 11.1. The summed E-state index contributed by atoms with van der Waals surface area (Å²) in [5, 5.41) is 12.9. The zero-order chi connectivity index (χ0) is 17.9. The van der Waals surface area contributed by atoms with Gasteiger partial charge < -0.3 is 9.62 Å². The number of ether oxygens (including phenoxy) is 1. The van der Waals surface area contributed by atoms with Gasteiger partial charge in [0.1, 0.15) is 5.75 Å². The van der Waals surface area contributed by atoms with E-state index in [9.17, 15) is 4.79 Å². The molecule has 0 unspecified atom stereocenters. The summed E-state index contributed by atoms with van der Waals surface area (Å²) in [5.41, 5.74) is 6.75. The average Bonchev–Trinajstić information content (AvgIpc) is 2.69. The minimum Gasteiger partial charge on any atom is -0.428 e. The Labute approximate surface area is 152 Å². The molecule has 136 valence electrons. The van der Waals surface area contributed by atoms with Crippen molar-refractivity contribution in [2.45, 2.75) is 51.4 Å². The summed E-state index contributed by atoms with van der Waals surface area (Å²) in [6.45, 7) is 0.465. The van der Waals surface area contributed by atoms with Crippen molar-refractivity contribution < 1.29 is 24.7 Å². The fourth-order valence-electron chi connectivity index (χ4n) is 4.42. The van der Waals surface area contributed by atoms with Crippen LogP contribution in [0.4, 0.5) is 0 Å². The van der Waals surface area contributed by atoms with Crippen molar-refractivity contribution in [2.75, 3.05) is 0 Å². The molecule has 0 bridgehead atoms. The molecule has 0 amide bonds. The van der Waals surface area contributed by atoms with E-state index in [1.165, 1.54) is 22.3 Å². The summed E-state index contributed by atoms with van der Waals surface area (Å²) in [6, 6.07) is 7.76. The molecule has 2 aromatic carbocycles. The molecule has 0 fully saturated rings. The van der Waals surface area contributed by atoms with Gasteiger partial charge in [-0.05, 0) is 90.8 Å². The first-order chi connectivity index (χ1) is 12.8. The highest BCUT2D eigenvalue weighted by molar-refractivity contribution is 5.84. The van der Waals surface area contributed by atoms with Gasteiger partial charge in [0.25, 0.3) is 6.47 Å². The summed E-state index contributed by atoms with van der Waals surface area (Å²) in [5.74, 6) is 0.977. The van der Waals surface area contributed by atoms with Crippen molar-refractivity contribution in [2.24, 2.45) is 0 Å². The van der Waals surface area contributed by atoms with Crippen LogP contribution in [0.25, 0.3) is 11.1 Å². The van der Waals surface area contributed by atoms with Crippen molar-refractivity contribution in [3.63, 3.8) is 0 Å². The van der Waals surface area contributed by atoms with E-state index >= 15 is 0 Å². The Morgan fingerprint density at radius 1 is 0.769 bits per heavy atom. The van der Waals surface area contributed by atoms with Crippen molar-refractivity contribution in [3.05, 3.63) is 46.5 Å². The van der Waals surface area contributed by atoms with Crippen molar-refractivity contribution in [1.82, 2.24) is 0 Å². The molecule has 0 radical (unpaired) electrons. The molecule has 4 rings (SSSR count). The Bertz CT molecular complexity index is 828. The molecular formula is C21H22O5. The molecule has 5 heteroatoms. The lowest BCUT2D eigenvalue weighted by Crippen LogP contribution is -2.11. The van der Waals surface area contributed by atoms with Gasteiger partial charge in [0, 0.05) is 11.1 Å². The van der Waals surface area contributed by atoms with Crippen LogP contribution in [0, 0.1) is 0 Å². The molecule has 0 saturated carbocycles. The zero-order valence-corrected chi connectivity index (χ0v) is 14.6. The van der Waals surface area contributed by atoms with Crippen LogP contribution >= 0.6 is 0 Å². The van der Waals surface area contributed by atoms with Gasteiger partial charge >= 0.3 is 0 Å². The molecule has 26 heavy (non-hydrogen) atoms. The SMILES string of the molecule is O=COc1ccc2c(c1-c1c(OOO)ccc3c1CCCC3)CCCC2. The van der Waals surface area contributed by atoms with E-state index in [4.69, 9.17) is 14.9 Å². The van der Waals surface area contributed by atoms with Crippen LogP contribution in [0.1, 0.15) is 47.9 Å². The zero-order valence-electron chi connectivity index (χ0n) is 14.6. The van der Waals surface area contributed by atoms with Crippen molar-refractivity contribution in [1.29, 1.82) is 0 Å². The molecule has 0 atom stereocenters. The smallest absolute Gasteiger partial charge is 0.298 e. The standard InChI is InChI=1S/C21H22O5/c22-13-24-18-11-9-14-5-1-3-7-16(14)20(18)21-17-8-4-2-6-15(17)10-12-19(21)25-26-23/h9-13,23H,1-8H2. The Hall–Kier alpha value is -2.37. The molecule has 2 aromatic rings. The largest absolute Gasteiger partial charge is 0.428 e. The lowest BCUT2D eigenvalue weighted by Gasteiger charge is -2.26. The molecule has 0 saturated heterocycles. The number of hydrogen-bond donors (Lipinski definition) is 1. The van der Waals surface area contributed by atoms with E-state index in [0.29, 0.717) is 18.0 Å². The van der Waals surface area contributed by atoms with Gasteiger partial charge in [-0.25, -0.2) is 5.26 Å². The van der Waals surface area contributed by atoms with E-state index in [-0.39, 0.29) is 0 Å². The maximum atomic E-state index is 11.1. The summed E-state index contributed by atoms with van der Waals surface area (Å²) >= 11 is 0. The molecular weight excluding hydrogens is 332 g/mol. The number of carbonyl (C=O) groups excluding carboxylic acids is 1. The van der Waals surface area contributed by atoms with Gasteiger partial charge in [-0.15, -0.1) is 0 Å². The van der Waals surface area contributed by atoms with E-state index in [0.717, 1.165) is 62.5 Å². The normalized spacial score (nSPS) is 15.7. The third-order valence-corrected chi connectivity index (χ3v) is 5.54. The van der Waals surface area contributed by atoms with Gasteiger partial charge in [-0.3, -0.25) is 4.79 Å². The first-order valence-corrected chi connectivity index (χ1v) is 9.21. The van der Waals surface area contributed by atoms with E-state index in [1.807, 2.05) is 18.2 Å². The molecule has 2 aliphatic carbocycles. The van der Waals surface area contributed by atoms with Crippen LogP contribution in [0.2, 0.25) is 0 Å². The third kappa shape index (κ3) is 2.97. The number of rotatable bonds is 5. The van der Waals surface area contributed by atoms with E-state index in [2.05, 4.69) is 11.1 Å². The number of fused-ring (bicyclic) bond motifs is 2. The second kappa shape index (κ2) is 7.48. The molecule has 0 spiro atoms. The molecule has 1 N–H and O–H groups in total. The molecule has 0 aliphatic heterocycles. The summed E-state index contributed by atoms with van der Waals surface area (Å²) < 4.78 is 5.34. The summed E-state index contributed by atoms with van der Waals surface area (Å²) in [6.07, 6.45) is 8.42. The second-order valence-corrected chi connectivity index (χ2v) is 6.94. The van der Waals surface area contributed by atoms with Gasteiger partial charge in [0.2, 0.25) is 0 Å². The highest BCUT2D eigenvalue weighted by Gasteiger charge is 2.26. The maximum Gasteiger partial charge on any atom is 0.298 e. The fraction of sp³-hybridized carbons (Fsp3) is 0.381. The first kappa shape index (κ1) is 17.1. The fourth-order valence-corrected chi connectivity index (χ4v) is 4.42. The van der Waals surface area contributed by atoms with Gasteiger partial charge in [0.15, 0.2) is 5.75 Å². The Balaban J connectivity index is 2.01. The Kier molecular flexibility index (Phi) is 4.91. The van der Waals surface area contributed by atoms with Gasteiger partial charge in [0.05, 0.1) is 0 Å². The number of carbonyl (C=O) groups is 1. The van der Waals surface area contributed by atoms with Crippen LogP contribution in [0.5, 0.6) is 11.5 Å². The average molecular weight is 354 g/mol. The molecule has 5 nitrogen and oxygen atoms in total. The second-order valence-electron chi connectivity index (χ2n) is 6.94. The highest BCUT2D eigenvalue weighted by Crippen LogP contribution is 2.46. The summed E-state index contributed by atoms with van der Waals surface area (Å²) in [4.78, 5) is 16.2. The quantitative estimate of drug-likeness (QED) is 0.489. The predicted molar refractivity (Wildman–Crippen MR) is 96.2 cm³/mol. The molecule has 0 aromatic heterocycles. The topological polar surface area (TPSA) is 65.0 Å². The van der Waals surface area contributed by atoms with Crippen LogP contribution in [0.15, 0.2) is 24.3 Å². The van der Waals surface area contributed by atoms with Crippen LogP contribution in [-0.4, -0.2) is 11.7 Å². The summed E-state index contributed by atoms with van der Waals surface area (Å²) in [7, 11) is 0. The Morgan fingerprint density at radius 2 is 1.31 bits per heavy atom. The monoisotopic (exact) mass is 354 g/mol. The minimum absolute atomic E-state index is 0.447. The first-order valence-electron chi connectivity index (χ1n) is 9.21. The lowest BCUT2D eigenvalue weighted by molar-refractivity contribution is -0.438. The number of aryl methyl sites for hydroxylation is 2. The van der Waals surface area contributed by atoms with Crippen molar-refractivity contribution >= 4 is 6.47 Å². The lowest BCUT2D eigenvalue weighted by atomic mass is 9.80. The minimum atomic E-state index is 0.447. The number of hydrogen-bond acceptors (Lipinski definition) is 5. The number of benzene rings is 2. The third-order valence-electron chi connectivity index (χ3n) is 5.54. The molecule has 2 aliphatic rings. The Morgan fingerprint density at radius 3 is 1.88 bits per heavy atom. The van der Waals surface area contributed by atoms with E-state index in [1.54, 1.807) is 0 Å². The van der Waals surface area contributed by atoms with Crippen LogP contribution < -0.4 is 9.62 Å². The van der Waals surface area contributed by atoms with Crippen LogP contribution in [-0.2, 0) is 35.5 Å². The molecule has 0 heterocycles. The van der Waals surface area contributed by atoms with E-state index < -0.39 is 0 Å². The van der Waals surface area contributed by atoms with Gasteiger partial charge in [-0.2, -0.15) is 0 Å². The predicted octanol–water partition coefficient (Wildman–Crippen LogP) is 4.43. The van der Waals surface area contributed by atoms with Gasteiger partial charge in [-0.1, -0.05) is 12.1 Å². The van der Waals surface area contributed by atoms with Crippen LogP contribution in [0.3, 0.4) is 0 Å².